The van der Waals surface area contributed by atoms with Gasteiger partial charge in [0.2, 0.25) is 0 Å². The Morgan fingerprint density at radius 2 is 2.43 bits per heavy atom. The first-order valence-electron chi connectivity index (χ1n) is 4.61. The van der Waals surface area contributed by atoms with Crippen molar-refractivity contribution >= 4 is 11.3 Å². The Labute approximate surface area is 88.5 Å². The van der Waals surface area contributed by atoms with Gasteiger partial charge < -0.3 is 9.84 Å². The molecule has 1 aromatic rings. The quantitative estimate of drug-likeness (QED) is 0.770. The van der Waals surface area contributed by atoms with E-state index in [1.807, 2.05) is 18.4 Å². The molecule has 1 heterocycles. The van der Waals surface area contributed by atoms with E-state index in [0.717, 1.165) is 12.2 Å². The van der Waals surface area contributed by atoms with Crippen molar-refractivity contribution in [3.63, 3.8) is 0 Å². The molecule has 0 aliphatic heterocycles. The van der Waals surface area contributed by atoms with E-state index in [2.05, 4.69) is 11.8 Å². The van der Waals surface area contributed by atoms with Gasteiger partial charge in [-0.15, -0.1) is 11.3 Å². The normalized spacial score (nSPS) is 9.57. The zero-order valence-electron chi connectivity index (χ0n) is 8.25. The summed E-state index contributed by atoms with van der Waals surface area (Å²) in [6.07, 6.45) is 0.538. The Bertz CT molecular complexity index is 320. The van der Waals surface area contributed by atoms with Crippen LogP contribution in [0.25, 0.3) is 0 Å². The van der Waals surface area contributed by atoms with Crippen LogP contribution in [0.4, 0.5) is 0 Å². The number of hydrogen-bond donors (Lipinski definition) is 1. The molecule has 0 saturated heterocycles. The van der Waals surface area contributed by atoms with Crippen LogP contribution < -0.4 is 0 Å². The second-order valence-corrected chi connectivity index (χ2v) is 3.71. The highest BCUT2D eigenvalue weighted by atomic mass is 32.1. The Kier molecular flexibility index (Phi) is 5.31. The van der Waals surface area contributed by atoms with E-state index in [4.69, 9.17) is 9.84 Å². The van der Waals surface area contributed by atoms with E-state index in [9.17, 15) is 0 Å². The summed E-state index contributed by atoms with van der Waals surface area (Å²) in [7, 11) is 0. The summed E-state index contributed by atoms with van der Waals surface area (Å²) in [5.41, 5.74) is 1.01. The summed E-state index contributed by atoms with van der Waals surface area (Å²) in [6.45, 7) is 3.52. The summed E-state index contributed by atoms with van der Waals surface area (Å²) in [5, 5.41) is 10.6. The Morgan fingerprint density at radius 3 is 3.14 bits per heavy atom. The number of thiophene rings is 1. The molecule has 2 nitrogen and oxygen atoms in total. The molecule has 0 amide bonds. The largest absolute Gasteiger partial charge is 0.395 e. The molecule has 0 spiro atoms. The standard InChI is InChI=1S/C11H14O2S/c1-2-13-8-11-7-10(9-14-11)5-3-4-6-12/h7,9,12H,2,4,6,8H2,1H3. The molecule has 0 saturated carbocycles. The van der Waals surface area contributed by atoms with Gasteiger partial charge in [0, 0.05) is 28.8 Å². The molecule has 1 rings (SSSR count). The van der Waals surface area contributed by atoms with Gasteiger partial charge in [-0.3, -0.25) is 0 Å². The summed E-state index contributed by atoms with van der Waals surface area (Å²) >= 11 is 1.66. The second-order valence-electron chi connectivity index (χ2n) is 2.71. The van der Waals surface area contributed by atoms with E-state index < -0.39 is 0 Å². The van der Waals surface area contributed by atoms with Crippen molar-refractivity contribution < 1.29 is 9.84 Å². The van der Waals surface area contributed by atoms with Gasteiger partial charge in [0.05, 0.1) is 13.2 Å². The van der Waals surface area contributed by atoms with Crippen molar-refractivity contribution in [3.8, 4) is 11.8 Å². The van der Waals surface area contributed by atoms with Crippen LogP contribution >= 0.6 is 11.3 Å². The second kappa shape index (κ2) is 6.61. The average molecular weight is 210 g/mol. The lowest BCUT2D eigenvalue weighted by atomic mass is 10.3. The number of rotatable bonds is 4. The molecular formula is C11H14O2S. The summed E-state index contributed by atoms with van der Waals surface area (Å²) in [6, 6.07) is 2.03. The fourth-order valence-electron chi connectivity index (χ4n) is 0.945. The third-order valence-corrected chi connectivity index (χ3v) is 2.48. The maximum Gasteiger partial charge on any atom is 0.0809 e. The Morgan fingerprint density at radius 1 is 1.57 bits per heavy atom. The summed E-state index contributed by atoms with van der Waals surface area (Å²) in [4.78, 5) is 1.19. The van der Waals surface area contributed by atoms with Crippen molar-refractivity contribution in [2.45, 2.75) is 20.0 Å². The van der Waals surface area contributed by atoms with Crippen LogP contribution in [-0.2, 0) is 11.3 Å². The molecule has 0 radical (unpaired) electrons. The molecule has 0 unspecified atom stereocenters. The number of hydrogen-bond acceptors (Lipinski definition) is 3. The van der Waals surface area contributed by atoms with E-state index in [1.54, 1.807) is 11.3 Å². The Hall–Kier alpha value is -0.820. The van der Waals surface area contributed by atoms with Gasteiger partial charge in [-0.25, -0.2) is 0 Å². The van der Waals surface area contributed by atoms with Gasteiger partial charge in [-0.05, 0) is 13.0 Å². The molecule has 14 heavy (non-hydrogen) atoms. The van der Waals surface area contributed by atoms with Crippen molar-refractivity contribution in [2.75, 3.05) is 13.2 Å². The first-order valence-corrected chi connectivity index (χ1v) is 5.49. The highest BCUT2D eigenvalue weighted by Crippen LogP contribution is 2.14. The van der Waals surface area contributed by atoms with Crippen LogP contribution in [0.1, 0.15) is 23.8 Å². The van der Waals surface area contributed by atoms with Gasteiger partial charge >= 0.3 is 0 Å². The van der Waals surface area contributed by atoms with Crippen LogP contribution in [0.15, 0.2) is 11.4 Å². The lowest BCUT2D eigenvalue weighted by Crippen LogP contribution is -1.87. The van der Waals surface area contributed by atoms with Crippen LogP contribution in [-0.4, -0.2) is 18.3 Å². The van der Waals surface area contributed by atoms with Crippen molar-refractivity contribution in [1.29, 1.82) is 0 Å². The third-order valence-electron chi connectivity index (χ3n) is 1.57. The average Bonchev–Trinajstić information content (AvgIpc) is 2.63. The van der Waals surface area contributed by atoms with Gasteiger partial charge in [-0.1, -0.05) is 11.8 Å². The maximum atomic E-state index is 8.55. The molecular weight excluding hydrogens is 196 g/mol. The molecule has 0 bridgehead atoms. The van der Waals surface area contributed by atoms with Gasteiger partial charge in [0.15, 0.2) is 0 Å². The minimum absolute atomic E-state index is 0.128. The molecule has 0 atom stereocenters. The maximum absolute atomic E-state index is 8.55. The molecule has 0 fully saturated rings. The fourth-order valence-corrected chi connectivity index (χ4v) is 1.70. The smallest absolute Gasteiger partial charge is 0.0809 e. The van der Waals surface area contributed by atoms with E-state index >= 15 is 0 Å². The Balaban J connectivity index is 2.47. The summed E-state index contributed by atoms with van der Waals surface area (Å²) in [5.74, 6) is 5.87. The van der Waals surface area contributed by atoms with Crippen molar-refractivity contribution in [2.24, 2.45) is 0 Å². The van der Waals surface area contributed by atoms with E-state index in [1.165, 1.54) is 4.88 Å². The van der Waals surface area contributed by atoms with Crippen LogP contribution in [0.3, 0.4) is 0 Å². The van der Waals surface area contributed by atoms with E-state index in [0.29, 0.717) is 13.0 Å². The zero-order valence-corrected chi connectivity index (χ0v) is 9.06. The zero-order chi connectivity index (χ0) is 10.2. The SMILES string of the molecule is CCOCc1cc(C#CCCO)cs1. The summed E-state index contributed by atoms with van der Waals surface area (Å²) < 4.78 is 5.28. The van der Waals surface area contributed by atoms with Crippen LogP contribution in [0.2, 0.25) is 0 Å². The number of aliphatic hydroxyl groups excluding tert-OH is 1. The predicted octanol–water partition coefficient (Wildman–Crippen LogP) is 2.02. The van der Waals surface area contributed by atoms with E-state index in [-0.39, 0.29) is 6.61 Å². The number of aliphatic hydroxyl groups is 1. The monoisotopic (exact) mass is 210 g/mol. The molecule has 1 aromatic heterocycles. The van der Waals surface area contributed by atoms with Crippen LogP contribution in [0, 0.1) is 11.8 Å². The topological polar surface area (TPSA) is 29.5 Å². The van der Waals surface area contributed by atoms with Crippen molar-refractivity contribution in [1.82, 2.24) is 0 Å². The van der Waals surface area contributed by atoms with Gasteiger partial charge in [0.25, 0.3) is 0 Å². The highest BCUT2D eigenvalue weighted by Gasteiger charge is 1.96. The minimum atomic E-state index is 0.128. The third kappa shape index (κ3) is 3.93. The lowest BCUT2D eigenvalue weighted by Gasteiger charge is -1.94. The number of ether oxygens (including phenoxy) is 1. The fraction of sp³-hybridized carbons (Fsp3) is 0.455. The molecule has 0 aromatic carbocycles. The van der Waals surface area contributed by atoms with Gasteiger partial charge in [0.1, 0.15) is 0 Å². The van der Waals surface area contributed by atoms with Crippen LogP contribution in [0.5, 0.6) is 0 Å². The van der Waals surface area contributed by atoms with Gasteiger partial charge in [-0.2, -0.15) is 0 Å². The molecule has 1 N–H and O–H groups in total. The molecule has 0 aliphatic rings. The first-order chi connectivity index (χ1) is 6.86. The predicted molar refractivity (Wildman–Crippen MR) is 58.2 cm³/mol. The van der Waals surface area contributed by atoms with Crippen molar-refractivity contribution in [3.05, 3.63) is 21.9 Å². The molecule has 0 aliphatic carbocycles. The first kappa shape index (κ1) is 11.3. The highest BCUT2D eigenvalue weighted by molar-refractivity contribution is 7.10. The lowest BCUT2D eigenvalue weighted by molar-refractivity contribution is 0.136. The molecule has 3 heteroatoms. The molecule has 76 valence electrons. The minimum Gasteiger partial charge on any atom is -0.395 e.